The lowest BCUT2D eigenvalue weighted by molar-refractivity contribution is 0.235. The second kappa shape index (κ2) is 8.02. The third kappa shape index (κ3) is 6.11. The average molecular weight is 361 g/mol. The maximum absolute atomic E-state index is 12.2. The van der Waals surface area contributed by atoms with E-state index in [1.54, 1.807) is 24.3 Å². The molecule has 0 unspecified atom stereocenters. The van der Waals surface area contributed by atoms with Gasteiger partial charge in [-0.05, 0) is 37.1 Å². The zero-order valence-corrected chi connectivity index (χ0v) is 15.3. The normalized spacial score (nSPS) is 13.6. The first-order valence-electron chi connectivity index (χ1n) is 7.94. The summed E-state index contributed by atoms with van der Waals surface area (Å²) in [5.74, 6) is 0. The number of hydrogen-bond acceptors (Lipinski definition) is 3. The van der Waals surface area contributed by atoms with Gasteiger partial charge in [-0.1, -0.05) is 42.5 Å². The van der Waals surface area contributed by atoms with Crippen LogP contribution in [0.5, 0.6) is 0 Å². The summed E-state index contributed by atoms with van der Waals surface area (Å²) in [6.45, 7) is 3.79. The fourth-order valence-electron chi connectivity index (χ4n) is 2.40. The molecule has 2 amide bonds. The predicted octanol–water partition coefficient (Wildman–Crippen LogP) is 3.18. The Hall–Kier alpha value is -2.54. The molecule has 0 radical (unpaired) electrons. The first kappa shape index (κ1) is 18.8. The number of benzene rings is 2. The van der Waals surface area contributed by atoms with Gasteiger partial charge in [-0.15, -0.1) is 0 Å². The topological polar surface area (TPSA) is 87.3 Å². The van der Waals surface area contributed by atoms with E-state index >= 15 is 0 Å². The molecule has 0 saturated carbocycles. The highest BCUT2D eigenvalue weighted by Crippen LogP contribution is 2.17. The standard InChI is InChI=1S/C18H23N3O3S/c1-13(15-7-5-4-6-8-15)19-18(22)20-14(2)16-9-11-17(12-10-16)21-25(3,23)24/h4-14,21H,1-3H3,(H2,19,20,22)/t13-,14+/m1/s1. The minimum atomic E-state index is -3.30. The van der Waals surface area contributed by atoms with Crippen molar-refractivity contribution in [1.29, 1.82) is 0 Å². The molecule has 7 heteroatoms. The third-order valence-corrected chi connectivity index (χ3v) is 4.32. The van der Waals surface area contributed by atoms with Gasteiger partial charge in [0, 0.05) is 5.69 Å². The number of hydrogen-bond donors (Lipinski definition) is 3. The monoisotopic (exact) mass is 361 g/mol. The Balaban J connectivity index is 1.92. The van der Waals surface area contributed by atoms with Gasteiger partial charge in [0.15, 0.2) is 0 Å². The molecule has 0 spiro atoms. The average Bonchev–Trinajstić information content (AvgIpc) is 2.54. The van der Waals surface area contributed by atoms with E-state index in [1.165, 1.54) is 0 Å². The zero-order valence-electron chi connectivity index (χ0n) is 14.5. The van der Waals surface area contributed by atoms with Crippen molar-refractivity contribution in [2.45, 2.75) is 25.9 Å². The Bertz CT molecular complexity index is 805. The van der Waals surface area contributed by atoms with Crippen molar-refractivity contribution < 1.29 is 13.2 Å². The van der Waals surface area contributed by atoms with E-state index in [0.717, 1.165) is 17.4 Å². The molecule has 0 bridgehead atoms. The molecule has 2 aromatic carbocycles. The molecular formula is C18H23N3O3S. The number of urea groups is 1. The molecule has 2 atom stereocenters. The van der Waals surface area contributed by atoms with E-state index in [0.29, 0.717) is 5.69 Å². The Kier molecular flexibility index (Phi) is 6.03. The minimum Gasteiger partial charge on any atom is -0.332 e. The fraction of sp³-hybridized carbons (Fsp3) is 0.278. The number of sulfonamides is 1. The van der Waals surface area contributed by atoms with Gasteiger partial charge in [0.25, 0.3) is 0 Å². The summed E-state index contributed by atoms with van der Waals surface area (Å²) in [5, 5.41) is 5.77. The number of nitrogens with one attached hydrogen (secondary N) is 3. The molecule has 2 aromatic rings. The van der Waals surface area contributed by atoms with Crippen molar-refractivity contribution in [2.75, 3.05) is 11.0 Å². The van der Waals surface area contributed by atoms with Crippen molar-refractivity contribution in [3.8, 4) is 0 Å². The van der Waals surface area contributed by atoms with Crippen LogP contribution < -0.4 is 15.4 Å². The molecule has 25 heavy (non-hydrogen) atoms. The third-order valence-electron chi connectivity index (χ3n) is 3.71. The van der Waals surface area contributed by atoms with E-state index in [1.807, 2.05) is 44.2 Å². The largest absolute Gasteiger partial charge is 0.332 e. The van der Waals surface area contributed by atoms with Crippen molar-refractivity contribution in [1.82, 2.24) is 10.6 Å². The van der Waals surface area contributed by atoms with E-state index in [2.05, 4.69) is 15.4 Å². The van der Waals surface area contributed by atoms with Crippen LogP contribution in [0.3, 0.4) is 0 Å². The molecule has 0 fully saturated rings. The molecule has 0 aromatic heterocycles. The van der Waals surface area contributed by atoms with Crippen LogP contribution in [0.4, 0.5) is 10.5 Å². The molecule has 2 rings (SSSR count). The van der Waals surface area contributed by atoms with Gasteiger partial charge in [0.2, 0.25) is 10.0 Å². The smallest absolute Gasteiger partial charge is 0.315 e. The van der Waals surface area contributed by atoms with Crippen molar-refractivity contribution in [2.24, 2.45) is 0 Å². The predicted molar refractivity (Wildman–Crippen MR) is 99.8 cm³/mol. The number of anilines is 1. The van der Waals surface area contributed by atoms with Gasteiger partial charge < -0.3 is 10.6 Å². The summed E-state index contributed by atoms with van der Waals surface area (Å²) < 4.78 is 24.8. The lowest BCUT2D eigenvalue weighted by Gasteiger charge is -2.19. The first-order valence-corrected chi connectivity index (χ1v) is 9.83. The SMILES string of the molecule is C[C@H](NC(=O)N[C@H](C)c1ccccc1)c1ccc(NS(C)(=O)=O)cc1. The summed E-state index contributed by atoms with van der Waals surface area (Å²) in [7, 11) is -3.30. The lowest BCUT2D eigenvalue weighted by atomic mass is 10.1. The molecule has 0 aliphatic carbocycles. The highest BCUT2D eigenvalue weighted by atomic mass is 32.2. The van der Waals surface area contributed by atoms with Gasteiger partial charge in [-0.25, -0.2) is 13.2 Å². The minimum absolute atomic E-state index is 0.102. The Morgan fingerprint density at radius 3 is 1.80 bits per heavy atom. The molecule has 6 nitrogen and oxygen atoms in total. The second-order valence-electron chi connectivity index (χ2n) is 5.97. The zero-order chi connectivity index (χ0) is 18.4. The van der Waals surface area contributed by atoms with Gasteiger partial charge in [-0.2, -0.15) is 0 Å². The first-order chi connectivity index (χ1) is 11.7. The Morgan fingerprint density at radius 1 is 0.840 bits per heavy atom. The molecular weight excluding hydrogens is 338 g/mol. The molecule has 0 aliphatic heterocycles. The summed E-state index contributed by atoms with van der Waals surface area (Å²) in [4.78, 5) is 12.2. The fourth-order valence-corrected chi connectivity index (χ4v) is 2.96. The van der Waals surface area contributed by atoms with Crippen LogP contribution >= 0.6 is 0 Å². The molecule has 3 N–H and O–H groups in total. The quantitative estimate of drug-likeness (QED) is 0.738. The van der Waals surface area contributed by atoms with E-state index in [9.17, 15) is 13.2 Å². The van der Waals surface area contributed by atoms with Crippen LogP contribution in [-0.2, 0) is 10.0 Å². The van der Waals surface area contributed by atoms with E-state index in [4.69, 9.17) is 0 Å². The highest BCUT2D eigenvalue weighted by molar-refractivity contribution is 7.92. The number of rotatable bonds is 6. The van der Waals surface area contributed by atoms with Crippen LogP contribution in [0.25, 0.3) is 0 Å². The Morgan fingerprint density at radius 2 is 1.32 bits per heavy atom. The van der Waals surface area contributed by atoms with Crippen molar-refractivity contribution >= 4 is 21.7 Å². The number of carbonyl (C=O) groups excluding carboxylic acids is 1. The molecule has 0 saturated heterocycles. The molecule has 134 valence electrons. The van der Waals surface area contributed by atoms with Gasteiger partial charge in [0.1, 0.15) is 0 Å². The van der Waals surface area contributed by atoms with E-state index in [-0.39, 0.29) is 18.1 Å². The van der Waals surface area contributed by atoms with Crippen LogP contribution in [0.1, 0.15) is 37.1 Å². The van der Waals surface area contributed by atoms with Crippen LogP contribution in [0.2, 0.25) is 0 Å². The lowest BCUT2D eigenvalue weighted by Crippen LogP contribution is -2.38. The molecule has 0 heterocycles. The summed E-state index contributed by atoms with van der Waals surface area (Å²) in [5.41, 5.74) is 2.39. The molecule has 0 aliphatic rings. The van der Waals surface area contributed by atoms with Crippen LogP contribution in [0.15, 0.2) is 54.6 Å². The van der Waals surface area contributed by atoms with E-state index < -0.39 is 10.0 Å². The maximum Gasteiger partial charge on any atom is 0.315 e. The Labute approximate surface area is 148 Å². The number of amides is 2. The van der Waals surface area contributed by atoms with Gasteiger partial charge in [0.05, 0.1) is 18.3 Å². The van der Waals surface area contributed by atoms with Gasteiger partial charge >= 0.3 is 6.03 Å². The highest BCUT2D eigenvalue weighted by Gasteiger charge is 2.13. The van der Waals surface area contributed by atoms with Crippen molar-refractivity contribution in [3.63, 3.8) is 0 Å². The van der Waals surface area contributed by atoms with Crippen LogP contribution in [0, 0.1) is 0 Å². The summed E-state index contributed by atoms with van der Waals surface area (Å²) >= 11 is 0. The second-order valence-corrected chi connectivity index (χ2v) is 7.72. The summed E-state index contributed by atoms with van der Waals surface area (Å²) in [6.07, 6.45) is 1.10. The number of carbonyl (C=O) groups is 1. The summed E-state index contributed by atoms with van der Waals surface area (Å²) in [6, 6.07) is 16.0. The maximum atomic E-state index is 12.2. The van der Waals surface area contributed by atoms with Crippen LogP contribution in [-0.4, -0.2) is 20.7 Å². The van der Waals surface area contributed by atoms with Crippen molar-refractivity contribution in [3.05, 3.63) is 65.7 Å². The van der Waals surface area contributed by atoms with Gasteiger partial charge in [-0.3, -0.25) is 4.72 Å².